The second-order valence-corrected chi connectivity index (χ2v) is 4.11. The van der Waals surface area contributed by atoms with Crippen LogP contribution < -0.4 is 10.9 Å². The zero-order valence-corrected chi connectivity index (χ0v) is 9.05. The van der Waals surface area contributed by atoms with E-state index < -0.39 is 0 Å². The van der Waals surface area contributed by atoms with Gasteiger partial charge >= 0.3 is 0 Å². The van der Waals surface area contributed by atoms with E-state index in [9.17, 15) is 4.79 Å². The van der Waals surface area contributed by atoms with Gasteiger partial charge in [-0.05, 0) is 25.3 Å². The zero-order valence-electron chi connectivity index (χ0n) is 9.05. The summed E-state index contributed by atoms with van der Waals surface area (Å²) < 4.78 is 0. The predicted octanol–water partition coefficient (Wildman–Crippen LogP) is 0.832. The monoisotopic (exact) mass is 207 g/mol. The standard InChI is InChI=1S/C11H17N3O/c1-2-12-7-9-6-11(15)14-10(13-9)5-8-3-4-8/h6,8,12H,2-5,7H2,1H3,(H,13,14,15). The van der Waals surface area contributed by atoms with Crippen LogP contribution in [0.4, 0.5) is 0 Å². The van der Waals surface area contributed by atoms with Gasteiger partial charge in [0.05, 0.1) is 5.69 Å². The third-order valence-electron chi connectivity index (χ3n) is 2.58. The van der Waals surface area contributed by atoms with Gasteiger partial charge < -0.3 is 10.3 Å². The fourth-order valence-electron chi connectivity index (χ4n) is 1.60. The number of hydrogen-bond acceptors (Lipinski definition) is 3. The van der Waals surface area contributed by atoms with Gasteiger partial charge in [0.2, 0.25) is 0 Å². The number of nitrogens with zero attached hydrogens (tertiary/aromatic N) is 1. The molecule has 0 aromatic carbocycles. The van der Waals surface area contributed by atoms with Gasteiger partial charge in [-0.3, -0.25) is 4.79 Å². The molecule has 0 amide bonds. The molecule has 1 aromatic rings. The molecular weight excluding hydrogens is 190 g/mol. The third kappa shape index (κ3) is 3.16. The third-order valence-corrected chi connectivity index (χ3v) is 2.58. The van der Waals surface area contributed by atoms with E-state index in [1.54, 1.807) is 6.07 Å². The van der Waals surface area contributed by atoms with Crippen LogP contribution >= 0.6 is 0 Å². The molecule has 0 saturated heterocycles. The molecule has 0 bridgehead atoms. The lowest BCUT2D eigenvalue weighted by molar-refractivity contribution is 0.686. The highest BCUT2D eigenvalue weighted by Gasteiger charge is 2.22. The van der Waals surface area contributed by atoms with Crippen LogP contribution in [0.15, 0.2) is 10.9 Å². The van der Waals surface area contributed by atoms with E-state index >= 15 is 0 Å². The first-order valence-corrected chi connectivity index (χ1v) is 5.57. The van der Waals surface area contributed by atoms with Crippen molar-refractivity contribution in [2.24, 2.45) is 5.92 Å². The SMILES string of the molecule is CCNCc1cc(=O)[nH]c(CC2CC2)n1. The van der Waals surface area contributed by atoms with E-state index in [2.05, 4.69) is 15.3 Å². The van der Waals surface area contributed by atoms with Crippen LogP contribution in [0.1, 0.15) is 31.3 Å². The Morgan fingerprint density at radius 1 is 1.60 bits per heavy atom. The molecule has 2 rings (SSSR count). The van der Waals surface area contributed by atoms with E-state index in [-0.39, 0.29) is 5.56 Å². The lowest BCUT2D eigenvalue weighted by atomic mass is 10.2. The highest BCUT2D eigenvalue weighted by Crippen LogP contribution is 2.31. The summed E-state index contributed by atoms with van der Waals surface area (Å²) in [5.74, 6) is 1.60. The molecule has 1 aromatic heterocycles. The Morgan fingerprint density at radius 2 is 2.40 bits per heavy atom. The van der Waals surface area contributed by atoms with E-state index in [0.717, 1.165) is 30.4 Å². The maximum Gasteiger partial charge on any atom is 0.251 e. The highest BCUT2D eigenvalue weighted by molar-refractivity contribution is 5.04. The number of rotatable bonds is 5. The van der Waals surface area contributed by atoms with Crippen molar-refractivity contribution in [3.05, 3.63) is 27.9 Å². The summed E-state index contributed by atoms with van der Waals surface area (Å²) in [6.45, 7) is 3.61. The van der Waals surface area contributed by atoms with Crippen molar-refractivity contribution in [3.63, 3.8) is 0 Å². The molecule has 1 heterocycles. The predicted molar refractivity (Wildman–Crippen MR) is 58.7 cm³/mol. The van der Waals surface area contributed by atoms with Crippen molar-refractivity contribution in [1.29, 1.82) is 0 Å². The minimum Gasteiger partial charge on any atom is -0.311 e. The summed E-state index contributed by atoms with van der Waals surface area (Å²) in [5.41, 5.74) is 0.810. The molecule has 2 N–H and O–H groups in total. The Morgan fingerprint density at radius 3 is 3.07 bits per heavy atom. The second-order valence-electron chi connectivity index (χ2n) is 4.11. The molecule has 0 atom stereocenters. The minimum absolute atomic E-state index is 0.0337. The lowest BCUT2D eigenvalue weighted by Gasteiger charge is -2.03. The summed E-state index contributed by atoms with van der Waals surface area (Å²) in [5, 5.41) is 3.17. The summed E-state index contributed by atoms with van der Waals surface area (Å²) in [4.78, 5) is 18.6. The fraction of sp³-hybridized carbons (Fsp3) is 0.636. The molecular formula is C11H17N3O. The molecule has 0 radical (unpaired) electrons. The zero-order chi connectivity index (χ0) is 10.7. The Balaban J connectivity index is 2.08. The van der Waals surface area contributed by atoms with Crippen molar-refractivity contribution in [2.75, 3.05) is 6.54 Å². The van der Waals surface area contributed by atoms with Crippen molar-refractivity contribution in [1.82, 2.24) is 15.3 Å². The molecule has 15 heavy (non-hydrogen) atoms. The molecule has 1 fully saturated rings. The van der Waals surface area contributed by atoms with Crippen molar-refractivity contribution in [3.8, 4) is 0 Å². The van der Waals surface area contributed by atoms with Crippen LogP contribution in [0.25, 0.3) is 0 Å². The largest absolute Gasteiger partial charge is 0.311 e. The minimum atomic E-state index is -0.0337. The highest BCUT2D eigenvalue weighted by atomic mass is 16.1. The van der Waals surface area contributed by atoms with E-state index in [4.69, 9.17) is 0 Å². The van der Waals surface area contributed by atoms with E-state index in [0.29, 0.717) is 6.54 Å². The van der Waals surface area contributed by atoms with Crippen LogP contribution in [-0.2, 0) is 13.0 Å². The number of aromatic amines is 1. The van der Waals surface area contributed by atoms with Crippen LogP contribution in [0.3, 0.4) is 0 Å². The average Bonchev–Trinajstić information content (AvgIpc) is 2.98. The van der Waals surface area contributed by atoms with Gasteiger partial charge in [0.15, 0.2) is 0 Å². The lowest BCUT2D eigenvalue weighted by Crippen LogP contribution is -2.18. The topological polar surface area (TPSA) is 57.8 Å². The number of nitrogens with one attached hydrogen (secondary N) is 2. The summed E-state index contributed by atoms with van der Waals surface area (Å²) in [7, 11) is 0. The first-order chi connectivity index (χ1) is 7.28. The molecule has 1 saturated carbocycles. The van der Waals surface area contributed by atoms with Gasteiger partial charge in [0.1, 0.15) is 5.82 Å². The van der Waals surface area contributed by atoms with Crippen LogP contribution in [0.5, 0.6) is 0 Å². The molecule has 0 unspecified atom stereocenters. The van der Waals surface area contributed by atoms with E-state index in [1.807, 2.05) is 6.92 Å². The van der Waals surface area contributed by atoms with Crippen LogP contribution in [-0.4, -0.2) is 16.5 Å². The molecule has 82 valence electrons. The first-order valence-electron chi connectivity index (χ1n) is 5.57. The van der Waals surface area contributed by atoms with Gasteiger partial charge in [0, 0.05) is 19.0 Å². The Hall–Kier alpha value is -1.16. The van der Waals surface area contributed by atoms with Gasteiger partial charge in [0.25, 0.3) is 5.56 Å². The Bertz CT molecular complexity index is 382. The van der Waals surface area contributed by atoms with Crippen LogP contribution in [0.2, 0.25) is 0 Å². The van der Waals surface area contributed by atoms with Gasteiger partial charge in [-0.2, -0.15) is 0 Å². The fourth-order valence-corrected chi connectivity index (χ4v) is 1.60. The molecule has 1 aliphatic carbocycles. The average molecular weight is 207 g/mol. The number of H-pyrrole nitrogens is 1. The summed E-state index contributed by atoms with van der Waals surface area (Å²) in [6, 6.07) is 1.57. The van der Waals surface area contributed by atoms with Crippen LogP contribution in [0, 0.1) is 5.92 Å². The van der Waals surface area contributed by atoms with Gasteiger partial charge in [-0.25, -0.2) is 4.98 Å². The van der Waals surface area contributed by atoms with Gasteiger partial charge in [-0.15, -0.1) is 0 Å². The van der Waals surface area contributed by atoms with Gasteiger partial charge in [-0.1, -0.05) is 6.92 Å². The van der Waals surface area contributed by atoms with Crippen molar-refractivity contribution in [2.45, 2.75) is 32.7 Å². The molecule has 0 aliphatic heterocycles. The number of aromatic nitrogens is 2. The maximum absolute atomic E-state index is 11.4. The molecule has 4 heteroatoms. The van der Waals surface area contributed by atoms with Crippen molar-refractivity contribution >= 4 is 0 Å². The summed E-state index contributed by atoms with van der Waals surface area (Å²) in [6.07, 6.45) is 3.48. The smallest absolute Gasteiger partial charge is 0.251 e. The normalized spacial score (nSPS) is 15.5. The quantitative estimate of drug-likeness (QED) is 0.752. The van der Waals surface area contributed by atoms with E-state index in [1.165, 1.54) is 12.8 Å². The second kappa shape index (κ2) is 4.57. The Kier molecular flexibility index (Phi) is 3.16. The van der Waals surface area contributed by atoms with Crippen molar-refractivity contribution < 1.29 is 0 Å². The Labute approximate surface area is 89.1 Å². The molecule has 4 nitrogen and oxygen atoms in total. The maximum atomic E-state index is 11.4. The summed E-state index contributed by atoms with van der Waals surface area (Å²) >= 11 is 0. The number of hydrogen-bond donors (Lipinski definition) is 2. The molecule has 1 aliphatic rings. The first kappa shape index (κ1) is 10.4. The molecule has 0 spiro atoms.